The Morgan fingerprint density at radius 3 is 2.63 bits per heavy atom. The van der Waals surface area contributed by atoms with Crippen molar-refractivity contribution in [2.24, 2.45) is 0 Å². The molecular weight excluding hydrogens is 354 g/mol. The fourth-order valence-electron chi connectivity index (χ4n) is 4.77. The van der Waals surface area contributed by atoms with Gasteiger partial charge in [0.1, 0.15) is 22.3 Å². The lowest BCUT2D eigenvalue weighted by Crippen LogP contribution is -2.34. The minimum absolute atomic E-state index is 0.549. The second kappa shape index (κ2) is 6.30. The molecule has 5 nitrogen and oxygen atoms in total. The Labute approximate surface area is 163 Å². The number of hydrogen-bond donors (Lipinski definition) is 1. The number of nitrogens with zero attached hydrogens (tertiary/aromatic N) is 4. The molecule has 3 aromatic rings. The molecule has 1 saturated heterocycles. The zero-order valence-corrected chi connectivity index (χ0v) is 16.4. The Morgan fingerprint density at radius 2 is 1.85 bits per heavy atom. The van der Waals surface area contributed by atoms with E-state index in [0.717, 1.165) is 37.6 Å². The van der Waals surface area contributed by atoms with Gasteiger partial charge in [0.15, 0.2) is 0 Å². The number of aryl methyl sites for hydroxylation is 2. The topological polar surface area (TPSA) is 57.7 Å². The molecule has 6 heteroatoms. The van der Waals surface area contributed by atoms with Gasteiger partial charge in [-0.3, -0.25) is 0 Å². The van der Waals surface area contributed by atoms with Crippen LogP contribution in [-0.4, -0.2) is 33.0 Å². The van der Waals surface area contributed by atoms with Crippen LogP contribution in [0.5, 0.6) is 0 Å². The van der Waals surface area contributed by atoms with Gasteiger partial charge >= 0.3 is 0 Å². The quantitative estimate of drug-likeness (QED) is 0.725. The van der Waals surface area contributed by atoms with Crippen LogP contribution in [0.2, 0.25) is 0 Å². The Kier molecular flexibility index (Phi) is 3.74. The van der Waals surface area contributed by atoms with E-state index >= 15 is 0 Å². The number of anilines is 1. The number of fused-ring (bicyclic) bond motifs is 3. The number of piperidine rings is 1. The molecule has 0 atom stereocenters. The molecule has 1 saturated carbocycles. The third-order valence-electron chi connectivity index (χ3n) is 6.46. The third-order valence-corrected chi connectivity index (χ3v) is 7.64. The van der Waals surface area contributed by atoms with Crippen molar-refractivity contribution in [1.29, 1.82) is 0 Å². The van der Waals surface area contributed by atoms with E-state index in [-0.39, 0.29) is 0 Å². The first kappa shape index (κ1) is 16.0. The summed E-state index contributed by atoms with van der Waals surface area (Å²) in [5.41, 5.74) is 1.56. The molecule has 4 heterocycles. The van der Waals surface area contributed by atoms with Crippen LogP contribution in [0.4, 0.5) is 5.82 Å². The number of nitrogens with one attached hydrogen (secondary N) is 1. The molecule has 1 N–H and O–H groups in total. The summed E-state index contributed by atoms with van der Waals surface area (Å²) in [6.45, 7) is 2.12. The van der Waals surface area contributed by atoms with Crippen LogP contribution >= 0.6 is 11.3 Å². The zero-order chi connectivity index (χ0) is 17.8. The number of imidazole rings is 1. The van der Waals surface area contributed by atoms with Crippen LogP contribution < -0.4 is 4.90 Å². The van der Waals surface area contributed by atoms with Crippen molar-refractivity contribution < 1.29 is 0 Å². The summed E-state index contributed by atoms with van der Waals surface area (Å²) in [7, 11) is 0. The van der Waals surface area contributed by atoms with Crippen molar-refractivity contribution in [3.8, 4) is 0 Å². The van der Waals surface area contributed by atoms with Crippen molar-refractivity contribution in [2.75, 3.05) is 18.0 Å². The lowest BCUT2D eigenvalue weighted by Gasteiger charge is -2.33. The van der Waals surface area contributed by atoms with Gasteiger partial charge in [0, 0.05) is 42.2 Å². The van der Waals surface area contributed by atoms with E-state index in [1.54, 1.807) is 10.4 Å². The van der Waals surface area contributed by atoms with Gasteiger partial charge in [0.2, 0.25) is 0 Å². The van der Waals surface area contributed by atoms with Gasteiger partial charge in [-0.15, -0.1) is 11.3 Å². The Bertz CT molecular complexity index is 964. The average Bonchev–Trinajstić information content (AvgIpc) is 3.28. The summed E-state index contributed by atoms with van der Waals surface area (Å²) >= 11 is 1.94. The fourth-order valence-corrected chi connectivity index (χ4v) is 6.04. The molecule has 0 radical (unpaired) electrons. The SMILES string of the molecule is c1c[nH]c(C2CCN(c3nc(C4CC4)nc4sc5c(c34)CCCC5)CC2)n1. The maximum Gasteiger partial charge on any atom is 0.141 e. The highest BCUT2D eigenvalue weighted by molar-refractivity contribution is 7.19. The molecule has 0 spiro atoms. The van der Waals surface area contributed by atoms with Gasteiger partial charge in [-0.1, -0.05) is 0 Å². The van der Waals surface area contributed by atoms with E-state index in [4.69, 9.17) is 9.97 Å². The molecule has 2 aliphatic carbocycles. The Hall–Kier alpha value is -1.95. The minimum atomic E-state index is 0.549. The van der Waals surface area contributed by atoms with Gasteiger partial charge in [-0.2, -0.15) is 0 Å². The van der Waals surface area contributed by atoms with Gasteiger partial charge < -0.3 is 9.88 Å². The summed E-state index contributed by atoms with van der Waals surface area (Å²) in [6.07, 6.45) is 13.7. The van der Waals surface area contributed by atoms with E-state index in [2.05, 4.69) is 14.9 Å². The number of aromatic amines is 1. The fraction of sp³-hybridized carbons (Fsp3) is 0.571. The van der Waals surface area contributed by atoms with E-state index in [1.807, 2.05) is 23.7 Å². The highest BCUT2D eigenvalue weighted by Gasteiger charge is 2.32. The standard InChI is InChI=1S/C21H25N5S/c1-2-4-16-15(3-1)17-20(24-19(13-5-6-13)25-21(17)27-16)26-11-7-14(8-12-26)18-22-9-10-23-18/h9-10,13-14H,1-8,11-12H2,(H,22,23). The molecule has 1 aliphatic heterocycles. The zero-order valence-electron chi connectivity index (χ0n) is 15.6. The van der Waals surface area contributed by atoms with Crippen LogP contribution in [0.1, 0.15) is 72.5 Å². The molecule has 0 unspecified atom stereocenters. The average molecular weight is 380 g/mol. The third kappa shape index (κ3) is 2.76. The molecular formula is C21H25N5S. The first-order valence-electron chi connectivity index (χ1n) is 10.4. The van der Waals surface area contributed by atoms with E-state index in [9.17, 15) is 0 Å². The highest BCUT2D eigenvalue weighted by atomic mass is 32.1. The predicted molar refractivity (Wildman–Crippen MR) is 109 cm³/mol. The van der Waals surface area contributed by atoms with E-state index in [0.29, 0.717) is 11.8 Å². The van der Waals surface area contributed by atoms with Crippen molar-refractivity contribution in [2.45, 2.75) is 63.2 Å². The maximum absolute atomic E-state index is 5.15. The molecule has 3 aliphatic rings. The predicted octanol–water partition coefficient (Wildman–Crippen LogP) is 4.55. The van der Waals surface area contributed by atoms with Crippen LogP contribution in [0.15, 0.2) is 12.4 Å². The highest BCUT2D eigenvalue weighted by Crippen LogP contribution is 2.44. The molecule has 140 valence electrons. The normalized spacial score (nSPS) is 21.0. The molecule has 2 fully saturated rings. The summed E-state index contributed by atoms with van der Waals surface area (Å²) in [6, 6.07) is 0. The van der Waals surface area contributed by atoms with Gasteiger partial charge in [-0.25, -0.2) is 15.0 Å². The van der Waals surface area contributed by atoms with Crippen molar-refractivity contribution in [3.63, 3.8) is 0 Å². The Morgan fingerprint density at radius 1 is 1.00 bits per heavy atom. The number of H-pyrrole nitrogens is 1. The second-order valence-corrected chi connectivity index (χ2v) is 9.39. The van der Waals surface area contributed by atoms with Crippen LogP contribution in [0.3, 0.4) is 0 Å². The van der Waals surface area contributed by atoms with Crippen LogP contribution in [-0.2, 0) is 12.8 Å². The lowest BCUT2D eigenvalue weighted by atomic mass is 9.94. The number of hydrogen-bond acceptors (Lipinski definition) is 5. The van der Waals surface area contributed by atoms with Crippen LogP contribution in [0.25, 0.3) is 10.2 Å². The van der Waals surface area contributed by atoms with Gasteiger partial charge in [0.05, 0.1) is 5.39 Å². The van der Waals surface area contributed by atoms with Gasteiger partial charge in [0.25, 0.3) is 0 Å². The van der Waals surface area contributed by atoms with E-state index in [1.165, 1.54) is 54.6 Å². The largest absolute Gasteiger partial charge is 0.356 e. The first-order chi connectivity index (χ1) is 13.4. The number of rotatable bonds is 3. The maximum atomic E-state index is 5.15. The number of thiophene rings is 1. The van der Waals surface area contributed by atoms with Crippen molar-refractivity contribution in [1.82, 2.24) is 19.9 Å². The molecule has 6 rings (SSSR count). The number of aromatic nitrogens is 4. The van der Waals surface area contributed by atoms with Crippen molar-refractivity contribution >= 4 is 27.4 Å². The Balaban J connectivity index is 1.38. The molecule has 0 aromatic carbocycles. The second-order valence-electron chi connectivity index (χ2n) is 8.31. The van der Waals surface area contributed by atoms with Gasteiger partial charge in [-0.05, 0) is 56.9 Å². The molecule has 0 bridgehead atoms. The summed E-state index contributed by atoms with van der Waals surface area (Å²) in [4.78, 5) is 23.3. The molecule has 27 heavy (non-hydrogen) atoms. The first-order valence-corrected chi connectivity index (χ1v) is 11.2. The smallest absolute Gasteiger partial charge is 0.141 e. The summed E-state index contributed by atoms with van der Waals surface area (Å²) in [5, 5.41) is 1.38. The minimum Gasteiger partial charge on any atom is -0.356 e. The van der Waals surface area contributed by atoms with Crippen LogP contribution in [0, 0.1) is 0 Å². The molecule has 3 aromatic heterocycles. The summed E-state index contributed by atoms with van der Waals surface area (Å²) in [5.74, 6) is 4.64. The van der Waals surface area contributed by atoms with Crippen molar-refractivity contribution in [3.05, 3.63) is 34.5 Å². The lowest BCUT2D eigenvalue weighted by molar-refractivity contribution is 0.486. The van der Waals surface area contributed by atoms with E-state index < -0.39 is 0 Å². The summed E-state index contributed by atoms with van der Waals surface area (Å²) < 4.78 is 0. The monoisotopic (exact) mass is 379 g/mol. The molecule has 0 amide bonds.